The van der Waals surface area contributed by atoms with E-state index in [0.717, 1.165) is 30.4 Å². The molecule has 1 aromatic rings. The summed E-state index contributed by atoms with van der Waals surface area (Å²) in [5.41, 5.74) is 2.02. The highest BCUT2D eigenvalue weighted by Crippen LogP contribution is 2.58. The van der Waals surface area contributed by atoms with Gasteiger partial charge >= 0.3 is 5.97 Å². The molecule has 0 saturated heterocycles. The summed E-state index contributed by atoms with van der Waals surface area (Å²) in [7, 11) is 1.39. The van der Waals surface area contributed by atoms with Gasteiger partial charge in [-0.15, -0.1) is 0 Å². The first-order valence-corrected chi connectivity index (χ1v) is 9.57. The van der Waals surface area contributed by atoms with Gasteiger partial charge < -0.3 is 9.84 Å². The molecule has 2 aliphatic carbocycles. The summed E-state index contributed by atoms with van der Waals surface area (Å²) in [6, 6.07) is 6.13. The first-order chi connectivity index (χ1) is 12.1. The van der Waals surface area contributed by atoms with Gasteiger partial charge in [0.25, 0.3) is 0 Å². The van der Waals surface area contributed by atoms with Crippen LogP contribution in [0.5, 0.6) is 0 Å². The standard InChI is InChI=1S/C22H30O4/c1-13(2)14-7-8-16-15(11-14)18(24)19(25)20-21(3,12-17(23)26-5)9-6-10-22(16,20)4/h7-8,11,13,19-20,25H,6,9-10,12H2,1-5H3/t19-,20?,21+,22+/m0/s1. The highest BCUT2D eigenvalue weighted by atomic mass is 16.5. The van der Waals surface area contributed by atoms with Crippen LogP contribution in [0.4, 0.5) is 0 Å². The largest absolute Gasteiger partial charge is 0.469 e. The molecular weight excluding hydrogens is 328 g/mol. The number of carbonyl (C=O) groups is 2. The zero-order chi connectivity index (χ0) is 19.3. The molecule has 1 saturated carbocycles. The van der Waals surface area contributed by atoms with E-state index >= 15 is 0 Å². The molecule has 26 heavy (non-hydrogen) atoms. The average Bonchev–Trinajstić information content (AvgIpc) is 2.58. The van der Waals surface area contributed by atoms with Crippen molar-refractivity contribution in [3.8, 4) is 0 Å². The van der Waals surface area contributed by atoms with Crippen LogP contribution >= 0.6 is 0 Å². The number of aliphatic hydroxyl groups is 1. The zero-order valence-corrected chi connectivity index (χ0v) is 16.5. The molecule has 0 spiro atoms. The van der Waals surface area contributed by atoms with Crippen molar-refractivity contribution in [3.63, 3.8) is 0 Å². The number of carbonyl (C=O) groups excluding carboxylic acids is 2. The van der Waals surface area contributed by atoms with Crippen molar-refractivity contribution in [2.75, 3.05) is 7.11 Å². The maximum atomic E-state index is 13.1. The summed E-state index contributed by atoms with van der Waals surface area (Å²) in [5.74, 6) is -0.445. The quantitative estimate of drug-likeness (QED) is 0.830. The van der Waals surface area contributed by atoms with Crippen LogP contribution in [-0.4, -0.2) is 30.1 Å². The lowest BCUT2D eigenvalue weighted by Gasteiger charge is -2.56. The molecular formula is C22H30O4. The van der Waals surface area contributed by atoms with Gasteiger partial charge in [0.15, 0.2) is 5.78 Å². The second-order valence-corrected chi connectivity index (χ2v) is 8.92. The summed E-state index contributed by atoms with van der Waals surface area (Å²) in [5, 5.41) is 11.0. The third kappa shape index (κ3) is 2.79. The third-order valence-corrected chi connectivity index (χ3v) is 6.83. The van der Waals surface area contributed by atoms with Gasteiger partial charge in [0.05, 0.1) is 13.5 Å². The van der Waals surface area contributed by atoms with Crippen LogP contribution in [0.1, 0.15) is 80.8 Å². The van der Waals surface area contributed by atoms with E-state index < -0.39 is 11.5 Å². The first kappa shape index (κ1) is 19.1. The number of hydrogen-bond acceptors (Lipinski definition) is 4. The Labute approximate surface area is 155 Å². The number of Topliss-reactive ketones (excluding diaryl/α,β-unsaturated/α-hetero) is 1. The lowest BCUT2D eigenvalue weighted by atomic mass is 9.48. The molecule has 0 bridgehead atoms. The van der Waals surface area contributed by atoms with Crippen LogP contribution in [0.25, 0.3) is 0 Å². The van der Waals surface area contributed by atoms with Gasteiger partial charge in [-0.25, -0.2) is 0 Å². The van der Waals surface area contributed by atoms with Crippen molar-refractivity contribution in [3.05, 3.63) is 34.9 Å². The summed E-state index contributed by atoms with van der Waals surface area (Å²) >= 11 is 0. The second-order valence-electron chi connectivity index (χ2n) is 8.92. The molecule has 3 rings (SSSR count). The first-order valence-electron chi connectivity index (χ1n) is 9.57. The summed E-state index contributed by atoms with van der Waals surface area (Å²) in [6.07, 6.45) is 1.84. The maximum absolute atomic E-state index is 13.1. The number of ether oxygens (including phenoxy) is 1. The van der Waals surface area contributed by atoms with E-state index in [9.17, 15) is 14.7 Å². The Hall–Kier alpha value is -1.68. The number of esters is 1. The molecule has 4 atom stereocenters. The van der Waals surface area contributed by atoms with Crippen molar-refractivity contribution >= 4 is 11.8 Å². The minimum absolute atomic E-state index is 0.206. The molecule has 0 radical (unpaired) electrons. The third-order valence-electron chi connectivity index (χ3n) is 6.83. The fourth-order valence-corrected chi connectivity index (χ4v) is 5.51. The number of hydrogen-bond donors (Lipinski definition) is 1. The Morgan fingerprint density at radius 2 is 2.00 bits per heavy atom. The molecule has 1 fully saturated rings. The predicted octanol–water partition coefficient (Wildman–Crippen LogP) is 3.99. The molecule has 2 aliphatic rings. The van der Waals surface area contributed by atoms with Crippen LogP contribution in [0.3, 0.4) is 0 Å². The van der Waals surface area contributed by atoms with Crippen molar-refractivity contribution in [2.45, 2.75) is 70.8 Å². The van der Waals surface area contributed by atoms with Crippen molar-refractivity contribution in [1.82, 2.24) is 0 Å². The fraction of sp³-hybridized carbons (Fsp3) is 0.636. The van der Waals surface area contributed by atoms with Crippen LogP contribution in [0.2, 0.25) is 0 Å². The highest BCUT2D eigenvalue weighted by molar-refractivity contribution is 6.03. The normalized spacial score (nSPS) is 33.6. The summed E-state index contributed by atoms with van der Waals surface area (Å²) < 4.78 is 4.90. The zero-order valence-electron chi connectivity index (χ0n) is 16.5. The van der Waals surface area contributed by atoms with Gasteiger partial charge in [-0.1, -0.05) is 46.2 Å². The average molecular weight is 358 g/mol. The smallest absolute Gasteiger partial charge is 0.306 e. The van der Waals surface area contributed by atoms with E-state index in [0.29, 0.717) is 11.5 Å². The highest BCUT2D eigenvalue weighted by Gasteiger charge is 2.58. The molecule has 1 N–H and O–H groups in total. The van der Waals surface area contributed by atoms with Crippen molar-refractivity contribution in [2.24, 2.45) is 11.3 Å². The minimum atomic E-state index is -1.08. The van der Waals surface area contributed by atoms with Gasteiger partial charge in [0, 0.05) is 11.5 Å². The van der Waals surface area contributed by atoms with Gasteiger partial charge in [-0.05, 0) is 46.8 Å². The monoisotopic (exact) mass is 358 g/mol. The Balaban J connectivity index is 2.13. The van der Waals surface area contributed by atoms with E-state index in [2.05, 4.69) is 32.9 Å². The number of methoxy groups -OCH3 is 1. The molecule has 4 nitrogen and oxygen atoms in total. The molecule has 0 aliphatic heterocycles. The number of ketones is 1. The molecule has 1 aromatic carbocycles. The van der Waals surface area contributed by atoms with Gasteiger partial charge in [0.2, 0.25) is 0 Å². The van der Waals surface area contributed by atoms with Crippen LogP contribution in [-0.2, 0) is 14.9 Å². The Morgan fingerprint density at radius 1 is 1.31 bits per heavy atom. The number of aliphatic hydroxyl groups excluding tert-OH is 1. The molecule has 4 heteroatoms. The van der Waals surface area contributed by atoms with Gasteiger partial charge in [-0.3, -0.25) is 9.59 Å². The molecule has 142 valence electrons. The SMILES string of the molecule is COC(=O)C[C@@]1(C)CCC[C@]2(C)c3ccc(C(C)C)cc3C(=O)[C@H](O)C12. The van der Waals surface area contributed by atoms with Crippen molar-refractivity contribution < 1.29 is 19.4 Å². The Bertz CT molecular complexity index is 738. The maximum Gasteiger partial charge on any atom is 0.306 e. The number of rotatable bonds is 3. The van der Waals surface area contributed by atoms with E-state index in [1.54, 1.807) is 0 Å². The van der Waals surface area contributed by atoms with Crippen LogP contribution < -0.4 is 0 Å². The van der Waals surface area contributed by atoms with Crippen LogP contribution in [0.15, 0.2) is 18.2 Å². The van der Waals surface area contributed by atoms with E-state index in [4.69, 9.17) is 4.74 Å². The fourth-order valence-electron chi connectivity index (χ4n) is 5.51. The molecule has 1 unspecified atom stereocenters. The molecule has 0 amide bonds. The Morgan fingerprint density at radius 3 is 2.62 bits per heavy atom. The molecule has 0 aromatic heterocycles. The Kier molecular flexibility index (Phi) is 4.76. The lowest BCUT2D eigenvalue weighted by Crippen LogP contribution is -2.58. The van der Waals surface area contributed by atoms with Crippen LogP contribution in [0, 0.1) is 11.3 Å². The molecule has 0 heterocycles. The summed E-state index contributed by atoms with van der Waals surface area (Å²) in [4.78, 5) is 25.1. The van der Waals surface area contributed by atoms with Gasteiger partial charge in [0.1, 0.15) is 6.10 Å². The second kappa shape index (κ2) is 6.49. The minimum Gasteiger partial charge on any atom is -0.469 e. The van der Waals surface area contributed by atoms with E-state index in [1.165, 1.54) is 7.11 Å². The number of fused-ring (bicyclic) bond motifs is 3. The predicted molar refractivity (Wildman–Crippen MR) is 100 cm³/mol. The van der Waals surface area contributed by atoms with Crippen molar-refractivity contribution in [1.29, 1.82) is 0 Å². The van der Waals surface area contributed by atoms with E-state index in [-0.39, 0.29) is 29.5 Å². The topological polar surface area (TPSA) is 63.6 Å². The van der Waals surface area contributed by atoms with Gasteiger partial charge in [-0.2, -0.15) is 0 Å². The lowest BCUT2D eigenvalue weighted by molar-refractivity contribution is -0.147. The summed E-state index contributed by atoms with van der Waals surface area (Å²) in [6.45, 7) is 8.37. The number of benzene rings is 1. The van der Waals surface area contributed by atoms with E-state index in [1.807, 2.05) is 13.0 Å².